The van der Waals surface area contributed by atoms with Gasteiger partial charge in [-0.25, -0.2) is 0 Å². The lowest BCUT2D eigenvalue weighted by atomic mass is 9.69. The number of hydrogen-bond donors (Lipinski definition) is 3. The SMILES string of the molecule is CC1(C)C2=[N+](CCC3OC4CC5CCN6C(=C5C=C4C=C23)C(C)(CCCC(=O)N(CCCC(=O)O)CC(S(=O)(=O)O)S(=O)(=O)O)c2ccccc26)c2ccccc21. The zero-order valence-electron chi connectivity index (χ0n) is 32.4. The lowest BCUT2D eigenvalue weighted by Gasteiger charge is -2.44. The summed E-state index contributed by atoms with van der Waals surface area (Å²) in [4.78, 5) is 28.2. The van der Waals surface area contributed by atoms with Crippen molar-refractivity contribution in [2.24, 2.45) is 5.92 Å². The van der Waals surface area contributed by atoms with Crippen LogP contribution in [0.15, 0.2) is 83.1 Å². The van der Waals surface area contributed by atoms with Crippen LogP contribution in [0.3, 0.4) is 0 Å². The van der Waals surface area contributed by atoms with Crippen LogP contribution >= 0.6 is 0 Å². The molecule has 0 aromatic heterocycles. The Morgan fingerprint density at radius 2 is 1.63 bits per heavy atom. The molecule has 13 nitrogen and oxygen atoms in total. The summed E-state index contributed by atoms with van der Waals surface area (Å²) in [5.41, 5.74) is 10.4. The number of carbonyl (C=O) groups excluding carboxylic acids is 1. The number of ether oxygens (including phenoxy) is 1. The molecule has 8 rings (SSSR count). The van der Waals surface area contributed by atoms with Gasteiger partial charge in [0.15, 0.2) is 12.3 Å². The number of hydrogen-bond acceptors (Lipinski definition) is 8. The fourth-order valence-corrected chi connectivity index (χ4v) is 12.5. The number of para-hydroxylation sites is 2. The highest BCUT2D eigenvalue weighted by Crippen LogP contribution is 2.57. The van der Waals surface area contributed by atoms with Crippen molar-refractivity contribution in [1.29, 1.82) is 0 Å². The highest BCUT2D eigenvalue weighted by Gasteiger charge is 2.54. The molecule has 0 saturated heterocycles. The van der Waals surface area contributed by atoms with Crippen LogP contribution < -0.4 is 4.90 Å². The summed E-state index contributed by atoms with van der Waals surface area (Å²) in [5, 5.41) is 9.16. The van der Waals surface area contributed by atoms with E-state index >= 15 is 0 Å². The number of nitrogens with zero attached hydrogens (tertiary/aromatic N) is 3. The minimum Gasteiger partial charge on any atom is -0.481 e. The van der Waals surface area contributed by atoms with Crippen LogP contribution in [-0.2, 0) is 45.4 Å². The van der Waals surface area contributed by atoms with Gasteiger partial charge in [-0.1, -0.05) is 42.5 Å². The number of anilines is 1. The van der Waals surface area contributed by atoms with Crippen LogP contribution in [0.1, 0.15) is 83.3 Å². The van der Waals surface area contributed by atoms with Crippen molar-refractivity contribution >= 4 is 49.2 Å². The summed E-state index contributed by atoms with van der Waals surface area (Å²) >= 11 is 0. The van der Waals surface area contributed by atoms with Gasteiger partial charge in [-0.05, 0) is 87.6 Å². The Kier molecular flexibility index (Phi) is 9.95. The molecule has 0 spiro atoms. The molecule has 1 amide bonds. The standard InChI is InChI=1S/C42H49N3O10S2/c1-41(2)30-10-4-6-12-32(30)44-21-17-34-29(39(41)44)23-27-22-28-26(24-35(27)55-34)16-20-45-33-13-7-5-11-31(33)42(3,40(28)45)18-8-14-36(46)43(19-9-15-37(47)48)25-38(56(49,50)51)57(52,53)54/h4-7,10-13,22-23,26,34-35,38H,8-9,14-21,24-25H2,1-3H3,(H2-,47,48,49,50,51,52,53,54)/p+1. The Morgan fingerprint density at radius 3 is 2.35 bits per heavy atom. The van der Waals surface area contributed by atoms with Gasteiger partial charge in [-0.2, -0.15) is 21.4 Å². The van der Waals surface area contributed by atoms with Crippen molar-refractivity contribution in [3.63, 3.8) is 0 Å². The van der Waals surface area contributed by atoms with E-state index in [0.29, 0.717) is 12.8 Å². The van der Waals surface area contributed by atoms with E-state index < -0.39 is 48.7 Å². The summed E-state index contributed by atoms with van der Waals surface area (Å²) in [6.45, 7) is 7.24. The molecule has 304 valence electrons. The second kappa shape index (κ2) is 14.3. The lowest BCUT2D eigenvalue weighted by molar-refractivity contribution is -0.445. The normalized spacial score (nSPS) is 25.7. The molecule has 0 fully saturated rings. The molecule has 3 N–H and O–H groups in total. The molecule has 0 saturated carbocycles. The number of aliphatic carboxylic acids is 1. The van der Waals surface area contributed by atoms with Gasteiger partial charge >= 0.3 is 5.97 Å². The first kappa shape index (κ1) is 39.7. The minimum atomic E-state index is -5.31. The molecule has 5 heterocycles. The highest BCUT2D eigenvalue weighted by atomic mass is 32.3. The maximum Gasteiger partial charge on any atom is 0.303 e. The number of benzene rings is 2. The number of rotatable bonds is 12. The highest BCUT2D eigenvalue weighted by molar-refractivity contribution is 8.04. The number of amides is 1. The number of carboxylic acid groups (broad SMARTS) is 1. The number of carboxylic acids is 1. The third kappa shape index (κ3) is 6.88. The molecule has 2 aromatic rings. The van der Waals surface area contributed by atoms with Gasteiger partial charge in [0.1, 0.15) is 0 Å². The quantitative estimate of drug-likeness (QED) is 0.182. The van der Waals surface area contributed by atoms with Gasteiger partial charge in [0.25, 0.3) is 20.2 Å². The maximum absolute atomic E-state index is 13.7. The van der Waals surface area contributed by atoms with Gasteiger partial charge in [0.2, 0.25) is 16.2 Å². The van der Waals surface area contributed by atoms with Crippen LogP contribution in [0.25, 0.3) is 0 Å². The Bertz CT molecular complexity index is 2370. The van der Waals surface area contributed by atoms with Crippen molar-refractivity contribution in [3.8, 4) is 0 Å². The van der Waals surface area contributed by atoms with E-state index in [1.807, 2.05) is 12.1 Å². The van der Waals surface area contributed by atoms with Crippen molar-refractivity contribution in [3.05, 3.63) is 94.2 Å². The first-order valence-electron chi connectivity index (χ1n) is 19.8. The van der Waals surface area contributed by atoms with Crippen molar-refractivity contribution in [1.82, 2.24) is 4.90 Å². The summed E-state index contributed by atoms with van der Waals surface area (Å²) in [6.07, 6.45) is 7.88. The third-order valence-corrected chi connectivity index (χ3v) is 16.2. The average Bonchev–Trinajstić information content (AvgIpc) is 3.54. The zero-order valence-corrected chi connectivity index (χ0v) is 34.1. The van der Waals surface area contributed by atoms with Crippen LogP contribution in [0, 0.1) is 5.92 Å². The van der Waals surface area contributed by atoms with E-state index in [0.717, 1.165) is 48.5 Å². The number of fused-ring (bicyclic) bond motifs is 9. The van der Waals surface area contributed by atoms with Crippen molar-refractivity contribution in [2.45, 2.75) is 99.8 Å². The van der Waals surface area contributed by atoms with Crippen molar-refractivity contribution < 1.29 is 49.9 Å². The molecular weight excluding hydrogens is 771 g/mol. The van der Waals surface area contributed by atoms with E-state index in [4.69, 9.17) is 9.84 Å². The van der Waals surface area contributed by atoms with Crippen LogP contribution in [0.5, 0.6) is 0 Å². The molecule has 4 atom stereocenters. The Morgan fingerprint density at radius 1 is 0.930 bits per heavy atom. The summed E-state index contributed by atoms with van der Waals surface area (Å²) < 4.78 is 73.8. The molecule has 15 heteroatoms. The monoisotopic (exact) mass is 820 g/mol. The third-order valence-electron chi connectivity index (χ3n) is 13.1. The largest absolute Gasteiger partial charge is 0.481 e. The van der Waals surface area contributed by atoms with Gasteiger partial charge in [-0.15, -0.1) is 0 Å². The molecule has 1 aliphatic carbocycles. The fraction of sp³-hybridized carbons (Fsp3) is 0.500. The Balaban J connectivity index is 1.11. The smallest absolute Gasteiger partial charge is 0.303 e. The van der Waals surface area contributed by atoms with Gasteiger partial charge in [-0.3, -0.25) is 18.7 Å². The second-order valence-corrected chi connectivity index (χ2v) is 20.5. The summed E-state index contributed by atoms with van der Waals surface area (Å²) in [6, 6.07) is 17.0. The Labute approximate surface area is 333 Å². The molecule has 0 radical (unpaired) electrons. The average molecular weight is 821 g/mol. The van der Waals surface area contributed by atoms with E-state index in [1.54, 1.807) is 0 Å². The molecular formula is C42H50N3O10S2+. The molecule has 6 aliphatic rings. The van der Waals surface area contributed by atoms with E-state index in [2.05, 4.69) is 78.8 Å². The Hall–Kier alpha value is -4.15. The van der Waals surface area contributed by atoms with Gasteiger partial charge in [0, 0.05) is 66.4 Å². The molecule has 57 heavy (non-hydrogen) atoms. The molecule has 0 bridgehead atoms. The van der Waals surface area contributed by atoms with Crippen molar-refractivity contribution in [2.75, 3.05) is 31.1 Å². The van der Waals surface area contributed by atoms with E-state index in [9.17, 15) is 35.5 Å². The first-order valence-corrected chi connectivity index (χ1v) is 22.8. The van der Waals surface area contributed by atoms with Crippen LogP contribution in [-0.4, -0.2) is 101 Å². The fourth-order valence-electron chi connectivity index (χ4n) is 10.5. The van der Waals surface area contributed by atoms with Crippen LogP contribution in [0.4, 0.5) is 11.4 Å². The summed E-state index contributed by atoms with van der Waals surface area (Å²) in [7, 11) is -10.6. The van der Waals surface area contributed by atoms with E-state index in [1.165, 1.54) is 39.4 Å². The molecule has 5 aliphatic heterocycles. The maximum atomic E-state index is 13.7. The van der Waals surface area contributed by atoms with Gasteiger partial charge in [0.05, 0.1) is 24.2 Å². The molecule has 4 unspecified atom stereocenters. The minimum absolute atomic E-state index is 0.00671. The molecule has 2 aromatic carbocycles. The predicted octanol–water partition coefficient (Wildman–Crippen LogP) is 5.51. The second-order valence-electron chi connectivity index (χ2n) is 17.0. The van der Waals surface area contributed by atoms with Gasteiger partial charge < -0.3 is 19.6 Å². The summed E-state index contributed by atoms with van der Waals surface area (Å²) in [5.74, 6) is -1.48. The topological polar surface area (TPSA) is 182 Å². The first-order chi connectivity index (χ1) is 26.9. The van der Waals surface area contributed by atoms with E-state index in [-0.39, 0.29) is 49.3 Å². The van der Waals surface area contributed by atoms with Crippen LogP contribution in [0.2, 0.25) is 0 Å². The number of allylic oxidation sites excluding steroid dienone is 3. The lowest BCUT2D eigenvalue weighted by Crippen LogP contribution is -2.46. The zero-order chi connectivity index (χ0) is 40.7. The predicted molar refractivity (Wildman–Crippen MR) is 214 cm³/mol. The number of carbonyl (C=O) groups is 2.